The Morgan fingerprint density at radius 2 is 1.78 bits per heavy atom. The summed E-state index contributed by atoms with van der Waals surface area (Å²) in [5, 5.41) is 0. The van der Waals surface area contributed by atoms with Gasteiger partial charge in [0.1, 0.15) is 5.75 Å². The number of aromatic nitrogens is 1. The lowest BCUT2D eigenvalue weighted by molar-refractivity contribution is -0.143. The second-order valence-corrected chi connectivity index (χ2v) is 9.26. The number of carbonyl (C=O) groups is 3. The molecule has 0 radical (unpaired) electrons. The van der Waals surface area contributed by atoms with Crippen LogP contribution >= 0.6 is 0 Å². The lowest BCUT2D eigenvalue weighted by Gasteiger charge is -2.36. The summed E-state index contributed by atoms with van der Waals surface area (Å²) >= 11 is 0. The number of ether oxygens (including phenoxy) is 2. The maximum atomic E-state index is 13.8. The fraction of sp³-hybridized carbons (Fsp3) is 0.481. The van der Waals surface area contributed by atoms with E-state index in [0.717, 1.165) is 19.6 Å². The predicted octanol–water partition coefficient (Wildman–Crippen LogP) is 1.73. The molecule has 2 saturated heterocycles. The van der Waals surface area contributed by atoms with Crippen LogP contribution in [0.15, 0.2) is 54.9 Å². The van der Waals surface area contributed by atoms with E-state index in [1.54, 1.807) is 25.6 Å². The van der Waals surface area contributed by atoms with E-state index in [2.05, 4.69) is 9.88 Å². The first-order chi connectivity index (χ1) is 17.5. The Balaban J connectivity index is 1.42. The summed E-state index contributed by atoms with van der Waals surface area (Å²) in [6.07, 6.45) is 3.77. The number of benzene rings is 1. The summed E-state index contributed by atoms with van der Waals surface area (Å²) in [5.41, 5.74) is -0.461. The van der Waals surface area contributed by atoms with Gasteiger partial charge in [-0.3, -0.25) is 29.2 Å². The van der Waals surface area contributed by atoms with Crippen LogP contribution in [0, 0.1) is 0 Å². The number of pyridine rings is 1. The molecule has 1 aromatic heterocycles. The van der Waals surface area contributed by atoms with Gasteiger partial charge in [0.2, 0.25) is 17.7 Å². The zero-order chi connectivity index (χ0) is 25.4. The van der Waals surface area contributed by atoms with Crippen molar-refractivity contribution >= 4 is 17.7 Å². The van der Waals surface area contributed by atoms with Crippen LogP contribution in [0.3, 0.4) is 0 Å². The molecule has 0 saturated carbocycles. The third kappa shape index (κ3) is 5.91. The van der Waals surface area contributed by atoms with E-state index in [1.807, 2.05) is 41.3 Å². The molecule has 0 N–H and O–H groups in total. The molecule has 36 heavy (non-hydrogen) atoms. The molecule has 192 valence electrons. The number of nitrogens with zero attached hydrogens (tertiary/aromatic N) is 4. The van der Waals surface area contributed by atoms with Gasteiger partial charge in [0, 0.05) is 65.4 Å². The zero-order valence-corrected chi connectivity index (χ0v) is 20.8. The molecular weight excluding hydrogens is 460 g/mol. The number of likely N-dealkylation sites (tertiary alicyclic amines) is 1. The highest BCUT2D eigenvalue weighted by Gasteiger charge is 2.53. The first-order valence-electron chi connectivity index (χ1n) is 12.5. The van der Waals surface area contributed by atoms with Crippen LogP contribution in [-0.2, 0) is 24.5 Å². The van der Waals surface area contributed by atoms with Crippen molar-refractivity contribution in [3.05, 3.63) is 60.4 Å². The average molecular weight is 495 g/mol. The number of carbonyl (C=O) groups excluding carboxylic acids is 3. The lowest BCUT2D eigenvalue weighted by atomic mass is 9.75. The van der Waals surface area contributed by atoms with Gasteiger partial charge < -0.3 is 14.4 Å². The second kappa shape index (κ2) is 12.1. The molecule has 0 spiro atoms. The van der Waals surface area contributed by atoms with Crippen molar-refractivity contribution in [1.29, 1.82) is 0 Å². The molecule has 0 aliphatic carbocycles. The van der Waals surface area contributed by atoms with Gasteiger partial charge in [0.05, 0.1) is 24.8 Å². The summed E-state index contributed by atoms with van der Waals surface area (Å²) in [7, 11) is 1.68. The van der Waals surface area contributed by atoms with E-state index in [0.29, 0.717) is 44.0 Å². The Morgan fingerprint density at radius 3 is 2.47 bits per heavy atom. The Morgan fingerprint density at radius 1 is 1.00 bits per heavy atom. The third-order valence-electron chi connectivity index (χ3n) is 6.95. The number of imide groups is 1. The molecule has 1 aromatic carbocycles. The lowest BCUT2D eigenvalue weighted by Crippen LogP contribution is -2.51. The van der Waals surface area contributed by atoms with Gasteiger partial charge in [-0.1, -0.05) is 30.3 Å². The summed E-state index contributed by atoms with van der Waals surface area (Å²) in [4.78, 5) is 49.6. The number of hydrogen-bond acceptors (Lipinski definition) is 7. The Labute approximate surface area is 212 Å². The Hall–Kier alpha value is -3.30. The largest absolute Gasteiger partial charge is 0.492 e. The highest BCUT2D eigenvalue weighted by molar-refractivity contribution is 6.10. The van der Waals surface area contributed by atoms with Crippen LogP contribution in [0.1, 0.15) is 24.8 Å². The third-order valence-corrected chi connectivity index (χ3v) is 6.95. The smallest absolute Gasteiger partial charge is 0.240 e. The monoisotopic (exact) mass is 494 g/mol. The summed E-state index contributed by atoms with van der Waals surface area (Å²) < 4.78 is 10.8. The SMILES string of the molecule is COCCN1CCN(C(=O)C[C@@]2(c3ccccc3)CC(=O)N(CCCOc3cccnc3)C2=O)CC1. The van der Waals surface area contributed by atoms with E-state index in [4.69, 9.17) is 9.47 Å². The number of rotatable bonds is 11. The molecule has 3 heterocycles. The highest BCUT2D eigenvalue weighted by atomic mass is 16.5. The molecule has 9 heteroatoms. The molecule has 1 atom stereocenters. The number of methoxy groups -OCH3 is 1. The van der Waals surface area contributed by atoms with Gasteiger partial charge in [0.25, 0.3) is 0 Å². The van der Waals surface area contributed by atoms with Crippen LogP contribution in [0.25, 0.3) is 0 Å². The van der Waals surface area contributed by atoms with Crippen LogP contribution < -0.4 is 4.74 Å². The van der Waals surface area contributed by atoms with E-state index in [1.165, 1.54) is 4.90 Å². The van der Waals surface area contributed by atoms with Gasteiger partial charge in [0.15, 0.2) is 0 Å². The molecule has 0 bridgehead atoms. The van der Waals surface area contributed by atoms with Gasteiger partial charge in [-0.05, 0) is 24.1 Å². The number of piperazine rings is 1. The standard InChI is InChI=1S/C27H34N4O5/c1-35-18-16-29-12-14-30(15-13-29)24(32)19-27(22-7-3-2-4-8-22)20-25(33)31(26(27)34)11-6-17-36-23-9-5-10-28-21-23/h2-5,7-10,21H,6,11-20H2,1H3/t27-/m0/s1. The molecular formula is C27H34N4O5. The second-order valence-electron chi connectivity index (χ2n) is 9.26. The molecule has 3 amide bonds. The van der Waals surface area contributed by atoms with Crippen molar-refractivity contribution in [2.24, 2.45) is 0 Å². The van der Waals surface area contributed by atoms with Crippen LogP contribution in [-0.4, -0.2) is 97.0 Å². The fourth-order valence-corrected chi connectivity index (χ4v) is 4.91. The van der Waals surface area contributed by atoms with E-state index in [-0.39, 0.29) is 37.1 Å². The first kappa shape index (κ1) is 25.8. The molecule has 2 aliphatic heterocycles. The maximum Gasteiger partial charge on any atom is 0.240 e. The summed E-state index contributed by atoms with van der Waals surface area (Å²) in [5.74, 6) is 0.00542. The summed E-state index contributed by atoms with van der Waals surface area (Å²) in [6, 6.07) is 12.8. The maximum absolute atomic E-state index is 13.8. The number of hydrogen-bond donors (Lipinski definition) is 0. The van der Waals surface area contributed by atoms with Crippen molar-refractivity contribution in [2.45, 2.75) is 24.7 Å². The van der Waals surface area contributed by atoms with Crippen LogP contribution in [0.4, 0.5) is 0 Å². The quantitative estimate of drug-likeness (QED) is 0.347. The fourth-order valence-electron chi connectivity index (χ4n) is 4.91. The predicted molar refractivity (Wildman–Crippen MR) is 133 cm³/mol. The van der Waals surface area contributed by atoms with Gasteiger partial charge in [-0.2, -0.15) is 0 Å². The minimum Gasteiger partial charge on any atom is -0.492 e. The van der Waals surface area contributed by atoms with Crippen molar-refractivity contribution < 1.29 is 23.9 Å². The Bertz CT molecular complexity index is 1030. The van der Waals surface area contributed by atoms with Gasteiger partial charge in [-0.15, -0.1) is 0 Å². The average Bonchev–Trinajstić information content (AvgIpc) is 3.16. The first-order valence-corrected chi connectivity index (χ1v) is 12.5. The van der Waals surface area contributed by atoms with Crippen molar-refractivity contribution in [2.75, 3.05) is 59.6 Å². The number of amides is 3. The Kier molecular flexibility index (Phi) is 8.66. The molecule has 2 fully saturated rings. The topological polar surface area (TPSA) is 92.3 Å². The molecule has 9 nitrogen and oxygen atoms in total. The normalized spacial score (nSPS) is 20.7. The van der Waals surface area contributed by atoms with Crippen molar-refractivity contribution in [3.8, 4) is 5.75 Å². The van der Waals surface area contributed by atoms with E-state index >= 15 is 0 Å². The molecule has 0 unspecified atom stereocenters. The molecule has 2 aromatic rings. The minimum atomic E-state index is -1.17. The van der Waals surface area contributed by atoms with Crippen molar-refractivity contribution in [3.63, 3.8) is 0 Å². The molecule has 2 aliphatic rings. The van der Waals surface area contributed by atoms with Crippen LogP contribution in [0.5, 0.6) is 5.75 Å². The van der Waals surface area contributed by atoms with E-state index < -0.39 is 5.41 Å². The van der Waals surface area contributed by atoms with Crippen LogP contribution in [0.2, 0.25) is 0 Å². The molecule has 4 rings (SSSR count). The summed E-state index contributed by atoms with van der Waals surface area (Å²) in [6.45, 7) is 4.83. The van der Waals surface area contributed by atoms with Gasteiger partial charge in [-0.25, -0.2) is 0 Å². The highest BCUT2D eigenvalue weighted by Crippen LogP contribution is 2.40. The van der Waals surface area contributed by atoms with Gasteiger partial charge >= 0.3 is 0 Å². The zero-order valence-electron chi connectivity index (χ0n) is 20.8. The minimum absolute atomic E-state index is 0.00114. The van der Waals surface area contributed by atoms with Crippen molar-refractivity contribution in [1.82, 2.24) is 19.7 Å². The van der Waals surface area contributed by atoms with E-state index in [9.17, 15) is 14.4 Å².